The Morgan fingerprint density at radius 3 is 2.15 bits per heavy atom. The van der Waals surface area contributed by atoms with Gasteiger partial charge in [0.15, 0.2) is 0 Å². The Bertz CT molecular complexity index is 512. The molecule has 0 radical (unpaired) electrons. The van der Waals surface area contributed by atoms with Crippen molar-refractivity contribution in [1.82, 2.24) is 4.72 Å². The lowest BCUT2D eigenvalue weighted by atomic mass is 10.1. The van der Waals surface area contributed by atoms with Crippen LogP contribution in [0.25, 0.3) is 0 Å². The van der Waals surface area contributed by atoms with E-state index in [1.54, 1.807) is 24.3 Å². The van der Waals surface area contributed by atoms with Gasteiger partial charge >= 0.3 is 6.18 Å². The Kier molecular flexibility index (Phi) is 5.97. The van der Waals surface area contributed by atoms with Gasteiger partial charge < -0.3 is 5.73 Å². The van der Waals surface area contributed by atoms with Gasteiger partial charge in [-0.2, -0.15) is 13.2 Å². The lowest BCUT2D eigenvalue weighted by molar-refractivity contribution is -0.134. The van der Waals surface area contributed by atoms with E-state index in [2.05, 4.69) is 4.72 Å². The lowest BCUT2D eigenvalue weighted by Crippen LogP contribution is -2.26. The van der Waals surface area contributed by atoms with E-state index in [0.717, 1.165) is 11.1 Å². The molecular formula is C12H17F3N2O2S. The van der Waals surface area contributed by atoms with Gasteiger partial charge in [0.2, 0.25) is 10.0 Å². The smallest absolute Gasteiger partial charge is 0.326 e. The van der Waals surface area contributed by atoms with E-state index in [1.165, 1.54) is 0 Å². The number of rotatable bonds is 7. The standard InChI is InChI=1S/C12H17F3N2O2S/c13-12(14,15)6-1-7-20(18,19)17-9-11-4-2-10(8-16)3-5-11/h2-5,17H,1,6-9,16H2. The number of hydrogen-bond donors (Lipinski definition) is 2. The molecular weight excluding hydrogens is 293 g/mol. The molecule has 0 aromatic heterocycles. The first-order valence-corrected chi connectivity index (χ1v) is 7.69. The van der Waals surface area contributed by atoms with Crippen LogP contribution in [-0.2, 0) is 23.1 Å². The summed E-state index contributed by atoms with van der Waals surface area (Å²) < 4.78 is 61.1. The summed E-state index contributed by atoms with van der Waals surface area (Å²) >= 11 is 0. The molecule has 1 aromatic carbocycles. The van der Waals surface area contributed by atoms with Crippen LogP contribution in [0, 0.1) is 0 Å². The summed E-state index contributed by atoms with van der Waals surface area (Å²) in [6, 6.07) is 6.99. The summed E-state index contributed by atoms with van der Waals surface area (Å²) in [7, 11) is -3.69. The van der Waals surface area contributed by atoms with Gasteiger partial charge in [-0.3, -0.25) is 0 Å². The highest BCUT2D eigenvalue weighted by Gasteiger charge is 2.27. The highest BCUT2D eigenvalue weighted by molar-refractivity contribution is 7.89. The molecule has 0 unspecified atom stereocenters. The zero-order chi connectivity index (χ0) is 15.2. The average Bonchev–Trinajstić information content (AvgIpc) is 2.35. The number of alkyl halides is 3. The molecule has 1 rings (SSSR count). The van der Waals surface area contributed by atoms with Gasteiger partial charge in [-0.15, -0.1) is 0 Å². The van der Waals surface area contributed by atoms with Crippen LogP contribution in [0.15, 0.2) is 24.3 Å². The van der Waals surface area contributed by atoms with Crippen molar-refractivity contribution in [3.63, 3.8) is 0 Å². The molecule has 0 aliphatic rings. The van der Waals surface area contributed by atoms with Crippen LogP contribution in [0.2, 0.25) is 0 Å². The summed E-state index contributed by atoms with van der Waals surface area (Å²) in [6.45, 7) is 0.447. The Morgan fingerprint density at radius 1 is 1.10 bits per heavy atom. The highest BCUT2D eigenvalue weighted by atomic mass is 32.2. The summed E-state index contributed by atoms with van der Waals surface area (Å²) in [6.07, 6.45) is -5.86. The van der Waals surface area contributed by atoms with E-state index >= 15 is 0 Å². The van der Waals surface area contributed by atoms with Crippen LogP contribution < -0.4 is 10.5 Å². The molecule has 0 atom stereocenters. The zero-order valence-electron chi connectivity index (χ0n) is 10.8. The average molecular weight is 310 g/mol. The number of sulfonamides is 1. The summed E-state index contributed by atoms with van der Waals surface area (Å²) in [5.41, 5.74) is 7.07. The Labute approximate surface area is 116 Å². The van der Waals surface area contributed by atoms with E-state index in [0.29, 0.717) is 6.54 Å². The predicted molar refractivity (Wildman–Crippen MR) is 70.2 cm³/mol. The second-order valence-corrected chi connectivity index (χ2v) is 6.31. The monoisotopic (exact) mass is 310 g/mol. The minimum absolute atomic E-state index is 0.0548. The van der Waals surface area contributed by atoms with Crippen LogP contribution >= 0.6 is 0 Å². The van der Waals surface area contributed by atoms with Crippen molar-refractivity contribution in [2.24, 2.45) is 5.73 Å². The molecule has 0 saturated carbocycles. The number of nitrogens with one attached hydrogen (secondary N) is 1. The maximum atomic E-state index is 11.9. The fraction of sp³-hybridized carbons (Fsp3) is 0.500. The summed E-state index contributed by atoms with van der Waals surface area (Å²) in [5, 5.41) is 0. The van der Waals surface area contributed by atoms with Crippen molar-refractivity contribution in [2.75, 3.05) is 5.75 Å². The van der Waals surface area contributed by atoms with Crippen LogP contribution in [0.4, 0.5) is 13.2 Å². The maximum Gasteiger partial charge on any atom is 0.389 e. The Balaban J connectivity index is 2.42. The van der Waals surface area contributed by atoms with E-state index in [-0.39, 0.29) is 6.54 Å². The van der Waals surface area contributed by atoms with Crippen molar-refractivity contribution in [2.45, 2.75) is 32.1 Å². The van der Waals surface area contributed by atoms with Crippen molar-refractivity contribution in [3.8, 4) is 0 Å². The minimum atomic E-state index is -4.33. The van der Waals surface area contributed by atoms with E-state index in [4.69, 9.17) is 5.73 Å². The van der Waals surface area contributed by atoms with Crippen molar-refractivity contribution in [3.05, 3.63) is 35.4 Å². The molecule has 8 heteroatoms. The lowest BCUT2D eigenvalue weighted by Gasteiger charge is -2.08. The molecule has 0 bridgehead atoms. The molecule has 4 nitrogen and oxygen atoms in total. The molecule has 1 aromatic rings. The molecule has 0 heterocycles. The largest absolute Gasteiger partial charge is 0.389 e. The van der Waals surface area contributed by atoms with Crippen LogP contribution in [0.1, 0.15) is 24.0 Å². The Hall–Kier alpha value is -1.12. The first-order valence-electron chi connectivity index (χ1n) is 6.04. The van der Waals surface area contributed by atoms with Gasteiger partial charge in [-0.25, -0.2) is 13.1 Å². The predicted octanol–water partition coefficient (Wildman–Crippen LogP) is 1.91. The SMILES string of the molecule is NCc1ccc(CNS(=O)(=O)CCCC(F)(F)F)cc1. The normalized spacial score (nSPS) is 12.6. The highest BCUT2D eigenvalue weighted by Crippen LogP contribution is 2.21. The third-order valence-electron chi connectivity index (χ3n) is 2.63. The number of hydrogen-bond acceptors (Lipinski definition) is 3. The third-order valence-corrected chi connectivity index (χ3v) is 4.04. The molecule has 20 heavy (non-hydrogen) atoms. The van der Waals surface area contributed by atoms with E-state index < -0.39 is 34.8 Å². The van der Waals surface area contributed by atoms with E-state index in [9.17, 15) is 21.6 Å². The zero-order valence-corrected chi connectivity index (χ0v) is 11.6. The van der Waals surface area contributed by atoms with Crippen LogP contribution in [0.3, 0.4) is 0 Å². The van der Waals surface area contributed by atoms with Crippen molar-refractivity contribution >= 4 is 10.0 Å². The second kappa shape index (κ2) is 7.05. The second-order valence-electron chi connectivity index (χ2n) is 4.38. The van der Waals surface area contributed by atoms with Crippen LogP contribution in [-0.4, -0.2) is 20.3 Å². The maximum absolute atomic E-state index is 11.9. The summed E-state index contributed by atoms with van der Waals surface area (Å²) in [5.74, 6) is -0.534. The number of benzene rings is 1. The first kappa shape index (κ1) is 16.9. The van der Waals surface area contributed by atoms with E-state index in [1.807, 2.05) is 0 Å². The number of halogens is 3. The minimum Gasteiger partial charge on any atom is -0.326 e. The molecule has 114 valence electrons. The van der Waals surface area contributed by atoms with Gasteiger partial charge in [0.1, 0.15) is 0 Å². The quantitative estimate of drug-likeness (QED) is 0.808. The van der Waals surface area contributed by atoms with Gasteiger partial charge in [-0.1, -0.05) is 24.3 Å². The van der Waals surface area contributed by atoms with Crippen LogP contribution in [0.5, 0.6) is 0 Å². The third kappa shape index (κ3) is 6.88. The fourth-order valence-electron chi connectivity index (χ4n) is 1.52. The molecule has 0 spiro atoms. The van der Waals surface area contributed by atoms with Gasteiger partial charge in [0, 0.05) is 19.5 Å². The molecule has 0 fully saturated rings. The summed E-state index contributed by atoms with van der Waals surface area (Å²) in [4.78, 5) is 0. The van der Waals surface area contributed by atoms with Gasteiger partial charge in [-0.05, 0) is 17.5 Å². The fourth-order valence-corrected chi connectivity index (χ4v) is 2.58. The van der Waals surface area contributed by atoms with Gasteiger partial charge in [0.25, 0.3) is 0 Å². The Morgan fingerprint density at radius 2 is 1.65 bits per heavy atom. The van der Waals surface area contributed by atoms with Crippen molar-refractivity contribution < 1.29 is 21.6 Å². The number of nitrogens with two attached hydrogens (primary N) is 1. The van der Waals surface area contributed by atoms with Gasteiger partial charge in [0.05, 0.1) is 5.75 Å². The molecule has 3 N–H and O–H groups in total. The molecule has 0 amide bonds. The van der Waals surface area contributed by atoms with Crippen molar-refractivity contribution in [1.29, 1.82) is 0 Å². The molecule has 0 aliphatic carbocycles. The molecule has 0 aliphatic heterocycles. The topological polar surface area (TPSA) is 72.2 Å². The molecule has 0 saturated heterocycles. The first-order chi connectivity index (χ1) is 9.22.